The molecule has 1 saturated heterocycles. The Morgan fingerprint density at radius 2 is 2.67 bits per heavy atom. The zero-order valence-corrected chi connectivity index (χ0v) is 8.77. The van der Waals surface area contributed by atoms with Crippen molar-refractivity contribution < 1.29 is 9.53 Å². The van der Waals surface area contributed by atoms with Gasteiger partial charge in [-0.25, -0.2) is 4.79 Å². The lowest BCUT2D eigenvalue weighted by atomic mass is 10.2. The summed E-state index contributed by atoms with van der Waals surface area (Å²) in [4.78, 5) is 11.5. The predicted molar refractivity (Wildman–Crippen MR) is 54.7 cm³/mol. The summed E-state index contributed by atoms with van der Waals surface area (Å²) in [7, 11) is 0. The highest BCUT2D eigenvalue weighted by Gasteiger charge is 2.16. The fourth-order valence-corrected chi connectivity index (χ4v) is 1.62. The lowest BCUT2D eigenvalue weighted by Gasteiger charge is -2.10. The van der Waals surface area contributed by atoms with E-state index in [-0.39, 0.29) is 12.1 Å². The highest BCUT2D eigenvalue weighted by Crippen LogP contribution is 2.10. The van der Waals surface area contributed by atoms with Crippen molar-refractivity contribution in [2.24, 2.45) is 0 Å². The van der Waals surface area contributed by atoms with Gasteiger partial charge in [0, 0.05) is 19.3 Å². The van der Waals surface area contributed by atoms with Crippen molar-refractivity contribution in [3.05, 3.63) is 18.0 Å². The molecule has 1 aromatic rings. The van der Waals surface area contributed by atoms with Crippen LogP contribution in [0.5, 0.6) is 0 Å². The van der Waals surface area contributed by atoms with Crippen molar-refractivity contribution in [2.45, 2.75) is 25.9 Å². The number of carbonyl (C=O) groups excluding carboxylic acids is 1. The van der Waals surface area contributed by atoms with E-state index in [9.17, 15) is 4.79 Å². The topological polar surface area (TPSA) is 56.2 Å². The molecule has 1 fully saturated rings. The molecule has 1 aliphatic heterocycles. The van der Waals surface area contributed by atoms with Gasteiger partial charge >= 0.3 is 6.03 Å². The number of aromatic nitrogens is 2. The predicted octanol–water partition coefficient (Wildman–Crippen LogP) is 0.928. The first-order valence-electron chi connectivity index (χ1n) is 5.18. The van der Waals surface area contributed by atoms with Crippen LogP contribution in [0.3, 0.4) is 0 Å². The summed E-state index contributed by atoms with van der Waals surface area (Å²) >= 11 is 0. The molecule has 1 amide bonds. The van der Waals surface area contributed by atoms with Gasteiger partial charge in [0.1, 0.15) is 0 Å². The first-order chi connectivity index (χ1) is 7.25. The molecule has 5 heteroatoms. The summed E-state index contributed by atoms with van der Waals surface area (Å²) in [5.41, 5.74) is 0.835. The quantitative estimate of drug-likeness (QED) is 0.788. The van der Waals surface area contributed by atoms with Crippen molar-refractivity contribution in [1.82, 2.24) is 15.1 Å². The number of hydrogen-bond donors (Lipinski definition) is 1. The van der Waals surface area contributed by atoms with Gasteiger partial charge in [-0.15, -0.1) is 0 Å². The normalized spacial score (nSPS) is 20.5. The Morgan fingerprint density at radius 3 is 3.27 bits per heavy atom. The van der Waals surface area contributed by atoms with Gasteiger partial charge < -0.3 is 10.1 Å². The van der Waals surface area contributed by atoms with Crippen LogP contribution in [-0.2, 0) is 4.74 Å². The zero-order valence-electron chi connectivity index (χ0n) is 8.77. The van der Waals surface area contributed by atoms with Crippen LogP contribution in [0.4, 0.5) is 4.79 Å². The minimum atomic E-state index is -0.196. The third kappa shape index (κ3) is 2.56. The number of aryl methyl sites for hydroxylation is 1. The minimum absolute atomic E-state index is 0.172. The van der Waals surface area contributed by atoms with E-state index in [1.807, 2.05) is 6.92 Å². The molecule has 0 saturated carbocycles. The van der Waals surface area contributed by atoms with Crippen LogP contribution in [0.15, 0.2) is 12.3 Å². The molecule has 0 spiro atoms. The number of amides is 1. The lowest BCUT2D eigenvalue weighted by molar-refractivity contribution is 0.111. The third-order valence-corrected chi connectivity index (χ3v) is 2.44. The average Bonchev–Trinajstić information content (AvgIpc) is 2.84. The molecule has 1 atom stereocenters. The van der Waals surface area contributed by atoms with Gasteiger partial charge in [-0.2, -0.15) is 9.78 Å². The van der Waals surface area contributed by atoms with Crippen molar-refractivity contribution in [3.63, 3.8) is 0 Å². The van der Waals surface area contributed by atoms with Crippen LogP contribution in [0.1, 0.15) is 18.5 Å². The van der Waals surface area contributed by atoms with Crippen LogP contribution in [0.2, 0.25) is 0 Å². The Kier molecular flexibility index (Phi) is 3.01. The molecule has 0 radical (unpaired) electrons. The van der Waals surface area contributed by atoms with E-state index in [0.717, 1.165) is 25.1 Å². The molecule has 82 valence electrons. The fourth-order valence-electron chi connectivity index (χ4n) is 1.62. The first kappa shape index (κ1) is 10.2. The third-order valence-electron chi connectivity index (χ3n) is 2.44. The van der Waals surface area contributed by atoms with E-state index in [0.29, 0.717) is 6.54 Å². The molecule has 15 heavy (non-hydrogen) atoms. The van der Waals surface area contributed by atoms with E-state index >= 15 is 0 Å². The summed E-state index contributed by atoms with van der Waals surface area (Å²) in [5.74, 6) is 0. The second-order valence-corrected chi connectivity index (χ2v) is 3.72. The maximum atomic E-state index is 11.5. The average molecular weight is 209 g/mol. The molecular formula is C10H15N3O2. The molecule has 1 N–H and O–H groups in total. The zero-order chi connectivity index (χ0) is 10.7. The summed E-state index contributed by atoms with van der Waals surface area (Å²) in [6.45, 7) is 3.23. The van der Waals surface area contributed by atoms with E-state index < -0.39 is 0 Å². The molecule has 0 aliphatic carbocycles. The molecule has 5 nitrogen and oxygen atoms in total. The largest absolute Gasteiger partial charge is 0.376 e. The maximum absolute atomic E-state index is 11.5. The molecule has 0 aromatic carbocycles. The molecule has 1 unspecified atom stereocenters. The Morgan fingerprint density at radius 1 is 1.80 bits per heavy atom. The van der Waals surface area contributed by atoms with Crippen LogP contribution >= 0.6 is 0 Å². The summed E-state index contributed by atoms with van der Waals surface area (Å²) in [6.07, 6.45) is 3.94. The Labute approximate surface area is 88.4 Å². The van der Waals surface area contributed by atoms with E-state index in [4.69, 9.17) is 4.74 Å². The fraction of sp³-hybridized carbons (Fsp3) is 0.600. The number of carbonyl (C=O) groups is 1. The number of ether oxygens (including phenoxy) is 1. The Bertz CT molecular complexity index is 342. The van der Waals surface area contributed by atoms with Gasteiger partial charge in [0.2, 0.25) is 0 Å². The number of nitrogens with zero attached hydrogens (tertiary/aromatic N) is 2. The Balaban J connectivity index is 1.81. The SMILES string of the molecule is Cc1ccn(C(=O)NCC2CCCO2)n1. The van der Waals surface area contributed by atoms with E-state index in [1.54, 1.807) is 12.3 Å². The molecular weight excluding hydrogens is 194 g/mol. The first-order valence-corrected chi connectivity index (χ1v) is 5.18. The highest BCUT2D eigenvalue weighted by atomic mass is 16.5. The van der Waals surface area contributed by atoms with Gasteiger partial charge in [-0.05, 0) is 25.8 Å². The van der Waals surface area contributed by atoms with Crippen molar-refractivity contribution >= 4 is 6.03 Å². The molecule has 1 aromatic heterocycles. The van der Waals surface area contributed by atoms with Gasteiger partial charge in [-0.3, -0.25) is 0 Å². The Hall–Kier alpha value is -1.36. The number of hydrogen-bond acceptors (Lipinski definition) is 3. The summed E-state index contributed by atoms with van der Waals surface area (Å²) in [6, 6.07) is 1.60. The maximum Gasteiger partial charge on any atom is 0.342 e. The van der Waals surface area contributed by atoms with E-state index in [2.05, 4.69) is 10.4 Å². The van der Waals surface area contributed by atoms with Crippen LogP contribution in [0.25, 0.3) is 0 Å². The van der Waals surface area contributed by atoms with Gasteiger partial charge in [-0.1, -0.05) is 0 Å². The van der Waals surface area contributed by atoms with Crippen LogP contribution in [-0.4, -0.2) is 35.1 Å². The molecule has 1 aliphatic rings. The van der Waals surface area contributed by atoms with Gasteiger partial charge in [0.25, 0.3) is 0 Å². The smallest absolute Gasteiger partial charge is 0.342 e. The monoisotopic (exact) mass is 209 g/mol. The molecule has 0 bridgehead atoms. The number of nitrogens with one attached hydrogen (secondary N) is 1. The summed E-state index contributed by atoms with van der Waals surface area (Å²) in [5, 5.41) is 6.81. The minimum Gasteiger partial charge on any atom is -0.376 e. The van der Waals surface area contributed by atoms with Crippen LogP contribution < -0.4 is 5.32 Å². The molecule has 2 rings (SSSR count). The second kappa shape index (κ2) is 4.44. The van der Waals surface area contributed by atoms with Gasteiger partial charge in [0.15, 0.2) is 0 Å². The number of rotatable bonds is 2. The van der Waals surface area contributed by atoms with Crippen molar-refractivity contribution in [1.29, 1.82) is 0 Å². The van der Waals surface area contributed by atoms with Gasteiger partial charge in [0.05, 0.1) is 11.8 Å². The van der Waals surface area contributed by atoms with Crippen molar-refractivity contribution in [3.8, 4) is 0 Å². The standard InChI is InChI=1S/C10H15N3O2/c1-8-4-5-13(12-8)10(14)11-7-9-3-2-6-15-9/h4-5,9H,2-3,6-7H2,1H3,(H,11,14). The van der Waals surface area contributed by atoms with Crippen molar-refractivity contribution in [2.75, 3.05) is 13.2 Å². The lowest BCUT2D eigenvalue weighted by Crippen LogP contribution is -2.35. The van der Waals surface area contributed by atoms with E-state index in [1.165, 1.54) is 4.68 Å². The molecule has 2 heterocycles. The summed E-state index contributed by atoms with van der Waals surface area (Å²) < 4.78 is 6.71. The second-order valence-electron chi connectivity index (χ2n) is 3.72. The van der Waals surface area contributed by atoms with Crippen LogP contribution in [0, 0.1) is 6.92 Å². The highest BCUT2D eigenvalue weighted by molar-refractivity contribution is 5.75.